The molecule has 21 heavy (non-hydrogen) atoms. The molecule has 0 radical (unpaired) electrons. The average Bonchev–Trinajstić information content (AvgIpc) is 2.87. The molecule has 2 atom stereocenters. The van der Waals surface area contributed by atoms with E-state index in [0.717, 1.165) is 17.6 Å². The molecule has 0 saturated carbocycles. The molecule has 0 fully saturated rings. The first-order chi connectivity index (χ1) is 10.2. The quantitative estimate of drug-likeness (QED) is 0.846. The number of carbonyl (C=O) groups is 1. The van der Waals surface area contributed by atoms with Crippen molar-refractivity contribution in [3.8, 4) is 6.07 Å². The third-order valence-electron chi connectivity index (χ3n) is 4.02. The Hall–Kier alpha value is -2.32. The fourth-order valence-electron chi connectivity index (χ4n) is 3.06. The number of nitriles is 1. The lowest BCUT2D eigenvalue weighted by atomic mass is 9.91. The number of hydrogen-bond acceptors (Lipinski definition) is 4. The minimum absolute atomic E-state index is 0.0661. The highest BCUT2D eigenvalue weighted by Gasteiger charge is 2.30. The maximum absolute atomic E-state index is 11.6. The van der Waals surface area contributed by atoms with E-state index >= 15 is 0 Å². The molecule has 2 N–H and O–H groups in total. The zero-order valence-electron chi connectivity index (χ0n) is 11.8. The summed E-state index contributed by atoms with van der Waals surface area (Å²) in [5.74, 6) is -0.255. The van der Waals surface area contributed by atoms with Gasteiger partial charge in [0.15, 0.2) is 0 Å². The Morgan fingerprint density at radius 1 is 1.48 bits per heavy atom. The standard InChI is InChI=1S/C16H17N3O2/c1-21-15(20)9-14-16-12(8-10(18-14)6-7-17)11-4-2-3-5-13(11)19-16/h2-5,10,14,18-19H,6,8-9H2,1H3/t10-,14+/m1/s1. The summed E-state index contributed by atoms with van der Waals surface area (Å²) in [7, 11) is 1.39. The summed E-state index contributed by atoms with van der Waals surface area (Å²) in [5, 5.41) is 13.5. The Labute approximate surface area is 122 Å². The Morgan fingerprint density at radius 2 is 2.29 bits per heavy atom. The van der Waals surface area contributed by atoms with Crippen molar-refractivity contribution < 1.29 is 9.53 Å². The van der Waals surface area contributed by atoms with Crippen LogP contribution in [0.2, 0.25) is 0 Å². The molecule has 5 heteroatoms. The van der Waals surface area contributed by atoms with Gasteiger partial charge in [0.25, 0.3) is 0 Å². The van der Waals surface area contributed by atoms with Crippen molar-refractivity contribution in [2.45, 2.75) is 31.3 Å². The van der Waals surface area contributed by atoms with Crippen LogP contribution in [0.25, 0.3) is 10.9 Å². The van der Waals surface area contributed by atoms with Crippen molar-refractivity contribution in [2.75, 3.05) is 7.11 Å². The molecule has 1 aliphatic heterocycles. The van der Waals surface area contributed by atoms with Gasteiger partial charge in [0.2, 0.25) is 0 Å². The van der Waals surface area contributed by atoms with E-state index in [1.165, 1.54) is 18.1 Å². The van der Waals surface area contributed by atoms with Gasteiger partial charge in [-0.2, -0.15) is 5.26 Å². The number of esters is 1. The van der Waals surface area contributed by atoms with Crippen LogP contribution in [-0.4, -0.2) is 24.1 Å². The minimum atomic E-state index is -0.255. The van der Waals surface area contributed by atoms with E-state index in [0.29, 0.717) is 6.42 Å². The largest absolute Gasteiger partial charge is 0.469 e. The first-order valence-corrected chi connectivity index (χ1v) is 7.02. The lowest BCUT2D eigenvalue weighted by Gasteiger charge is -2.29. The number of para-hydroxylation sites is 1. The molecule has 108 valence electrons. The molecule has 1 aromatic carbocycles. The van der Waals surface area contributed by atoms with Crippen LogP contribution >= 0.6 is 0 Å². The maximum Gasteiger partial charge on any atom is 0.307 e. The second kappa shape index (κ2) is 5.58. The number of aromatic nitrogens is 1. The molecular weight excluding hydrogens is 266 g/mol. The highest BCUT2D eigenvalue weighted by Crippen LogP contribution is 2.33. The van der Waals surface area contributed by atoms with Crippen LogP contribution < -0.4 is 5.32 Å². The van der Waals surface area contributed by atoms with Gasteiger partial charge in [0, 0.05) is 22.6 Å². The van der Waals surface area contributed by atoms with Crippen LogP contribution in [0.15, 0.2) is 24.3 Å². The van der Waals surface area contributed by atoms with Gasteiger partial charge in [-0.25, -0.2) is 0 Å². The zero-order chi connectivity index (χ0) is 14.8. The van der Waals surface area contributed by atoms with Crippen molar-refractivity contribution in [3.05, 3.63) is 35.5 Å². The Bertz CT molecular complexity index is 714. The van der Waals surface area contributed by atoms with E-state index in [2.05, 4.69) is 22.4 Å². The second-order valence-corrected chi connectivity index (χ2v) is 5.33. The summed E-state index contributed by atoms with van der Waals surface area (Å²) < 4.78 is 4.78. The number of nitrogens with one attached hydrogen (secondary N) is 2. The van der Waals surface area contributed by atoms with Crippen molar-refractivity contribution in [1.82, 2.24) is 10.3 Å². The predicted octanol–water partition coefficient (Wildman–Crippen LogP) is 2.20. The zero-order valence-corrected chi connectivity index (χ0v) is 11.8. The molecule has 1 aromatic heterocycles. The van der Waals surface area contributed by atoms with Gasteiger partial charge < -0.3 is 15.0 Å². The van der Waals surface area contributed by atoms with Crippen molar-refractivity contribution in [3.63, 3.8) is 0 Å². The SMILES string of the molecule is COC(=O)C[C@@H]1N[C@H](CC#N)Cc2c1[nH]c1ccccc21. The van der Waals surface area contributed by atoms with Gasteiger partial charge in [-0.1, -0.05) is 18.2 Å². The number of aromatic amines is 1. The molecule has 0 unspecified atom stereocenters. The molecular formula is C16H17N3O2. The van der Waals surface area contributed by atoms with E-state index in [4.69, 9.17) is 10.00 Å². The lowest BCUT2D eigenvalue weighted by molar-refractivity contribution is -0.141. The molecule has 0 amide bonds. The molecule has 1 aliphatic rings. The first kappa shape index (κ1) is 13.7. The third kappa shape index (κ3) is 2.50. The second-order valence-electron chi connectivity index (χ2n) is 5.33. The van der Waals surface area contributed by atoms with E-state index in [1.54, 1.807) is 0 Å². The van der Waals surface area contributed by atoms with Gasteiger partial charge >= 0.3 is 5.97 Å². The van der Waals surface area contributed by atoms with Gasteiger partial charge in [-0.15, -0.1) is 0 Å². The fourth-order valence-corrected chi connectivity index (χ4v) is 3.06. The van der Waals surface area contributed by atoms with Gasteiger partial charge in [0.1, 0.15) is 0 Å². The van der Waals surface area contributed by atoms with Crippen molar-refractivity contribution in [2.24, 2.45) is 0 Å². The summed E-state index contributed by atoms with van der Waals surface area (Å²) >= 11 is 0. The summed E-state index contributed by atoms with van der Waals surface area (Å²) in [5.41, 5.74) is 3.31. The Morgan fingerprint density at radius 3 is 3.05 bits per heavy atom. The fraction of sp³-hybridized carbons (Fsp3) is 0.375. The van der Waals surface area contributed by atoms with Gasteiger partial charge in [0.05, 0.1) is 32.1 Å². The number of hydrogen-bond donors (Lipinski definition) is 2. The van der Waals surface area contributed by atoms with Crippen molar-refractivity contribution in [1.29, 1.82) is 5.26 Å². The summed E-state index contributed by atoms with van der Waals surface area (Å²) in [6.07, 6.45) is 1.49. The number of benzene rings is 1. The Kier molecular flexibility index (Phi) is 3.63. The average molecular weight is 283 g/mol. The maximum atomic E-state index is 11.6. The van der Waals surface area contributed by atoms with E-state index in [9.17, 15) is 4.79 Å². The molecule has 5 nitrogen and oxygen atoms in total. The number of fused-ring (bicyclic) bond motifs is 3. The lowest BCUT2D eigenvalue weighted by Crippen LogP contribution is -2.40. The summed E-state index contributed by atoms with van der Waals surface area (Å²) in [4.78, 5) is 15.0. The monoisotopic (exact) mass is 283 g/mol. The van der Waals surface area contributed by atoms with E-state index < -0.39 is 0 Å². The van der Waals surface area contributed by atoms with Crippen LogP contribution in [0, 0.1) is 11.3 Å². The predicted molar refractivity (Wildman–Crippen MR) is 78.5 cm³/mol. The van der Waals surface area contributed by atoms with Gasteiger partial charge in [-0.05, 0) is 18.1 Å². The third-order valence-corrected chi connectivity index (χ3v) is 4.02. The van der Waals surface area contributed by atoms with Crippen LogP contribution in [0.4, 0.5) is 0 Å². The van der Waals surface area contributed by atoms with Crippen LogP contribution in [-0.2, 0) is 16.0 Å². The van der Waals surface area contributed by atoms with E-state index in [-0.39, 0.29) is 24.5 Å². The number of rotatable bonds is 3. The number of nitrogens with zero attached hydrogens (tertiary/aromatic N) is 1. The number of carbonyl (C=O) groups excluding carboxylic acids is 1. The Balaban J connectivity index is 2.02. The summed E-state index contributed by atoms with van der Waals surface area (Å²) in [6.45, 7) is 0. The number of H-pyrrole nitrogens is 1. The van der Waals surface area contributed by atoms with Crippen LogP contribution in [0.5, 0.6) is 0 Å². The normalized spacial score (nSPS) is 20.8. The number of ether oxygens (including phenoxy) is 1. The molecule has 2 heterocycles. The molecule has 3 rings (SSSR count). The number of methoxy groups -OCH3 is 1. The molecule has 0 bridgehead atoms. The highest BCUT2D eigenvalue weighted by molar-refractivity contribution is 5.85. The van der Waals surface area contributed by atoms with Crippen LogP contribution in [0.3, 0.4) is 0 Å². The van der Waals surface area contributed by atoms with Crippen LogP contribution in [0.1, 0.15) is 30.1 Å². The molecule has 2 aromatic rings. The minimum Gasteiger partial charge on any atom is -0.469 e. The molecule has 0 spiro atoms. The van der Waals surface area contributed by atoms with E-state index in [1.807, 2.05) is 18.2 Å². The molecule has 0 saturated heterocycles. The topological polar surface area (TPSA) is 77.9 Å². The first-order valence-electron chi connectivity index (χ1n) is 7.02. The van der Waals surface area contributed by atoms with Crippen molar-refractivity contribution >= 4 is 16.9 Å². The van der Waals surface area contributed by atoms with Gasteiger partial charge in [-0.3, -0.25) is 4.79 Å². The molecule has 0 aliphatic carbocycles. The highest BCUT2D eigenvalue weighted by atomic mass is 16.5. The summed E-state index contributed by atoms with van der Waals surface area (Å²) in [6, 6.07) is 10.2. The smallest absolute Gasteiger partial charge is 0.307 e.